The fourth-order valence-corrected chi connectivity index (χ4v) is 3.80. The van der Waals surface area contributed by atoms with E-state index in [1.165, 1.54) is 0 Å². The lowest BCUT2D eigenvalue weighted by Gasteiger charge is -2.13. The lowest BCUT2D eigenvalue weighted by Crippen LogP contribution is -2.19. The lowest BCUT2D eigenvalue weighted by molar-refractivity contribution is 0.244. The summed E-state index contributed by atoms with van der Waals surface area (Å²) >= 11 is 0. The number of rotatable bonds is 7. The van der Waals surface area contributed by atoms with Crippen LogP contribution >= 0.6 is 0 Å². The standard InChI is InChI=1S/C24H26N4O2/c1-5-13-26-20-11-10-17-18(20)7-6-8-19(17)23-27-24(30-28-23)16-9-12-22(29-15(2)3)21(14-16)25-4/h6-9,12,14-15,20,26H,5,10-11,13H2,1-3H3/t20-/m0/s1/i5D2,15D. The highest BCUT2D eigenvalue weighted by molar-refractivity contribution is 5.70. The van der Waals surface area contributed by atoms with Crippen molar-refractivity contribution >= 4 is 5.69 Å². The first-order valence-electron chi connectivity index (χ1n) is 11.4. The zero-order chi connectivity index (χ0) is 23.8. The number of ether oxygens (including phenoxy) is 1. The zero-order valence-corrected chi connectivity index (χ0v) is 17.3. The van der Waals surface area contributed by atoms with Gasteiger partial charge in [0.2, 0.25) is 11.5 Å². The second-order valence-corrected chi connectivity index (χ2v) is 7.43. The van der Waals surface area contributed by atoms with Gasteiger partial charge in [-0.1, -0.05) is 30.3 Å². The highest BCUT2D eigenvalue weighted by Crippen LogP contribution is 2.38. The van der Waals surface area contributed by atoms with E-state index in [0.717, 1.165) is 29.5 Å². The van der Waals surface area contributed by atoms with E-state index >= 15 is 0 Å². The quantitative estimate of drug-likeness (QED) is 0.509. The molecule has 154 valence electrons. The predicted octanol–water partition coefficient (Wildman–Crippen LogP) is 5.73. The maximum atomic E-state index is 7.90. The van der Waals surface area contributed by atoms with Gasteiger partial charge in [0.05, 0.1) is 14.0 Å². The normalized spacial score (nSPS) is 17.5. The molecule has 0 fully saturated rings. The van der Waals surface area contributed by atoms with Crippen molar-refractivity contribution in [3.63, 3.8) is 0 Å². The molecule has 3 aromatic rings. The van der Waals surface area contributed by atoms with Crippen molar-refractivity contribution in [1.82, 2.24) is 15.5 Å². The van der Waals surface area contributed by atoms with Crippen LogP contribution in [0.25, 0.3) is 27.7 Å². The number of nitrogens with zero attached hydrogens (tertiary/aromatic N) is 3. The van der Waals surface area contributed by atoms with Crippen LogP contribution < -0.4 is 10.1 Å². The number of hydrogen-bond acceptors (Lipinski definition) is 5. The first-order valence-corrected chi connectivity index (χ1v) is 9.94. The Bertz CT molecular complexity index is 1210. The van der Waals surface area contributed by atoms with Gasteiger partial charge in [0.25, 0.3) is 5.89 Å². The Morgan fingerprint density at radius 2 is 2.27 bits per heavy atom. The third-order valence-corrected chi connectivity index (χ3v) is 5.10. The van der Waals surface area contributed by atoms with Crippen molar-refractivity contribution in [2.75, 3.05) is 6.54 Å². The highest BCUT2D eigenvalue weighted by Gasteiger charge is 2.26. The van der Waals surface area contributed by atoms with E-state index in [2.05, 4.69) is 26.4 Å². The molecule has 0 amide bonds. The molecule has 2 aromatic carbocycles. The lowest BCUT2D eigenvalue weighted by atomic mass is 10.0. The number of aromatic nitrogens is 2. The largest absolute Gasteiger partial charge is 0.502 e. The maximum absolute atomic E-state index is 7.90. The maximum Gasteiger partial charge on any atom is 0.256 e. The molecule has 1 heterocycles. The predicted molar refractivity (Wildman–Crippen MR) is 117 cm³/mol. The molecule has 6 nitrogen and oxygen atoms in total. The summed E-state index contributed by atoms with van der Waals surface area (Å²) < 4.78 is 34.5. The molecular formula is C24H26N4O2. The summed E-state index contributed by atoms with van der Waals surface area (Å²) in [7, 11) is 0. The Balaban J connectivity index is 1.60. The fourth-order valence-electron chi connectivity index (χ4n) is 3.80. The van der Waals surface area contributed by atoms with E-state index in [-0.39, 0.29) is 18.3 Å². The van der Waals surface area contributed by atoms with Gasteiger partial charge in [0, 0.05) is 19.9 Å². The second kappa shape index (κ2) is 8.68. The van der Waals surface area contributed by atoms with Crippen LogP contribution in [0.1, 0.15) is 54.8 Å². The van der Waals surface area contributed by atoms with E-state index in [1.54, 1.807) is 39.0 Å². The van der Waals surface area contributed by atoms with Crippen LogP contribution in [0.2, 0.25) is 0 Å². The summed E-state index contributed by atoms with van der Waals surface area (Å²) in [5, 5.41) is 7.51. The Kier molecular flexibility index (Phi) is 4.81. The van der Waals surface area contributed by atoms with Gasteiger partial charge in [-0.3, -0.25) is 0 Å². The minimum atomic E-state index is -1.27. The minimum Gasteiger partial charge on any atom is -0.502 e. The van der Waals surface area contributed by atoms with Crippen molar-refractivity contribution in [1.29, 1.82) is 0 Å². The van der Waals surface area contributed by atoms with Gasteiger partial charge in [0.15, 0.2) is 0 Å². The summed E-state index contributed by atoms with van der Waals surface area (Å²) in [6.45, 7) is 12.5. The molecule has 6 heteroatoms. The molecular weight excluding hydrogens is 376 g/mol. The van der Waals surface area contributed by atoms with Crippen LogP contribution in [0.4, 0.5) is 5.69 Å². The molecule has 1 N–H and O–H groups in total. The van der Waals surface area contributed by atoms with E-state index < -0.39 is 12.5 Å². The van der Waals surface area contributed by atoms with Crippen molar-refractivity contribution in [2.24, 2.45) is 0 Å². The van der Waals surface area contributed by atoms with E-state index in [1.807, 2.05) is 12.1 Å². The van der Waals surface area contributed by atoms with Crippen LogP contribution in [-0.2, 0) is 6.42 Å². The molecule has 1 aromatic heterocycles. The average Bonchev–Trinajstić information content (AvgIpc) is 3.38. The van der Waals surface area contributed by atoms with Gasteiger partial charge in [-0.05, 0) is 68.9 Å². The summed E-state index contributed by atoms with van der Waals surface area (Å²) in [6, 6.07) is 11.1. The molecule has 1 atom stereocenters. The molecule has 0 saturated carbocycles. The molecule has 0 radical (unpaired) electrons. The van der Waals surface area contributed by atoms with E-state index in [0.29, 0.717) is 23.0 Å². The van der Waals surface area contributed by atoms with Crippen LogP contribution in [0.5, 0.6) is 5.75 Å². The summed E-state index contributed by atoms with van der Waals surface area (Å²) in [4.78, 5) is 8.09. The first-order chi connectivity index (χ1) is 15.5. The molecule has 0 bridgehead atoms. The second-order valence-electron chi connectivity index (χ2n) is 7.43. The average molecular weight is 406 g/mol. The SMILES string of the molecule is [2H]C([2H])(C)CN[C@H]1CCc2c(-c3noc(-c4ccc(OC([2H])(C)C)c([N+]#[C-])c4)n3)cccc21. The topological polar surface area (TPSA) is 64.5 Å². The van der Waals surface area contributed by atoms with Gasteiger partial charge >= 0.3 is 0 Å². The number of nitrogens with one attached hydrogen (secondary N) is 1. The van der Waals surface area contributed by atoms with Crippen molar-refractivity contribution in [3.05, 3.63) is 58.9 Å². The van der Waals surface area contributed by atoms with E-state index in [4.69, 9.17) is 19.9 Å². The minimum absolute atomic E-state index is 0.0939. The smallest absolute Gasteiger partial charge is 0.256 e. The van der Waals surface area contributed by atoms with Gasteiger partial charge in [-0.2, -0.15) is 4.98 Å². The van der Waals surface area contributed by atoms with Gasteiger partial charge in [0.1, 0.15) is 5.75 Å². The molecule has 0 saturated heterocycles. The molecule has 4 rings (SSSR count). The number of fused-ring (bicyclic) bond motifs is 1. The van der Waals surface area contributed by atoms with Crippen LogP contribution in [0.3, 0.4) is 0 Å². The Hall–Kier alpha value is -3.17. The molecule has 0 aliphatic heterocycles. The zero-order valence-electron chi connectivity index (χ0n) is 20.3. The molecule has 1 aliphatic carbocycles. The van der Waals surface area contributed by atoms with Gasteiger partial charge in [-0.25, -0.2) is 4.85 Å². The number of benzene rings is 2. The molecule has 0 spiro atoms. The van der Waals surface area contributed by atoms with Crippen LogP contribution in [-0.4, -0.2) is 22.8 Å². The Morgan fingerprint density at radius 1 is 1.40 bits per heavy atom. The third-order valence-electron chi connectivity index (χ3n) is 5.10. The fraction of sp³-hybridized carbons (Fsp3) is 0.375. The highest BCUT2D eigenvalue weighted by atomic mass is 16.5. The van der Waals surface area contributed by atoms with Crippen LogP contribution in [0.15, 0.2) is 40.9 Å². The van der Waals surface area contributed by atoms with Gasteiger partial charge < -0.3 is 14.6 Å². The van der Waals surface area contributed by atoms with Crippen molar-refractivity contribution in [2.45, 2.75) is 52.1 Å². The van der Waals surface area contributed by atoms with Crippen molar-refractivity contribution < 1.29 is 13.4 Å². The first kappa shape index (κ1) is 16.6. The van der Waals surface area contributed by atoms with E-state index in [9.17, 15) is 0 Å². The van der Waals surface area contributed by atoms with Crippen molar-refractivity contribution in [3.8, 4) is 28.6 Å². The molecule has 0 unspecified atom stereocenters. The summed E-state index contributed by atoms with van der Waals surface area (Å²) in [5.74, 6) is 1.12. The Morgan fingerprint density at radius 3 is 3.03 bits per heavy atom. The van der Waals surface area contributed by atoms with Gasteiger partial charge in [-0.15, -0.1) is 0 Å². The summed E-state index contributed by atoms with van der Waals surface area (Å²) in [6.07, 6.45) is -0.699. The summed E-state index contributed by atoms with van der Waals surface area (Å²) in [5.41, 5.74) is 4.05. The molecule has 1 aliphatic rings. The number of hydrogen-bond donors (Lipinski definition) is 1. The molecule has 30 heavy (non-hydrogen) atoms. The Labute approximate surface area is 181 Å². The third kappa shape index (κ3) is 3.94. The van der Waals surface area contributed by atoms with Crippen LogP contribution in [0, 0.1) is 6.57 Å². The monoisotopic (exact) mass is 405 g/mol.